The molecule has 1 aliphatic carbocycles. The van der Waals surface area contributed by atoms with Gasteiger partial charge in [0.05, 0.1) is 6.10 Å². The van der Waals surface area contributed by atoms with E-state index >= 15 is 0 Å². The summed E-state index contributed by atoms with van der Waals surface area (Å²) < 4.78 is 5.94. The Morgan fingerprint density at radius 3 is 2.88 bits per heavy atom. The average molecular weight is 239 g/mol. The van der Waals surface area contributed by atoms with E-state index < -0.39 is 0 Å². The molecule has 1 aromatic heterocycles. The van der Waals surface area contributed by atoms with Gasteiger partial charge in [-0.2, -0.15) is 11.3 Å². The minimum Gasteiger partial charge on any atom is -0.372 e. The molecule has 0 aromatic carbocycles. The molecule has 2 atom stereocenters. The van der Waals surface area contributed by atoms with Gasteiger partial charge in [0.15, 0.2) is 0 Å². The second kappa shape index (κ2) is 5.80. The molecule has 0 spiro atoms. The Morgan fingerprint density at radius 2 is 2.38 bits per heavy atom. The average Bonchev–Trinajstić information content (AvgIpc) is 2.67. The molecule has 1 saturated carbocycles. The topological polar surface area (TPSA) is 35.2 Å². The summed E-state index contributed by atoms with van der Waals surface area (Å²) in [5.74, 6) is 0.913. The van der Waals surface area contributed by atoms with Crippen LogP contribution in [0.3, 0.4) is 0 Å². The predicted octanol–water partition coefficient (Wildman–Crippen LogP) is 3.34. The molecule has 2 rings (SSSR count). The first kappa shape index (κ1) is 12.1. The van der Waals surface area contributed by atoms with Crippen molar-refractivity contribution in [3.63, 3.8) is 0 Å². The van der Waals surface area contributed by atoms with E-state index in [1.165, 1.54) is 31.2 Å². The quantitative estimate of drug-likeness (QED) is 0.826. The zero-order valence-electron chi connectivity index (χ0n) is 9.89. The molecule has 2 N–H and O–H groups in total. The van der Waals surface area contributed by atoms with E-state index in [1.807, 2.05) is 6.92 Å². The van der Waals surface area contributed by atoms with Crippen LogP contribution in [0.4, 0.5) is 0 Å². The third-order valence-electron chi connectivity index (χ3n) is 3.40. The van der Waals surface area contributed by atoms with Crippen LogP contribution in [-0.2, 0) is 4.74 Å². The van der Waals surface area contributed by atoms with Crippen molar-refractivity contribution in [2.45, 2.75) is 44.8 Å². The first-order chi connectivity index (χ1) is 7.77. The Balaban J connectivity index is 1.78. The summed E-state index contributed by atoms with van der Waals surface area (Å²) in [6.45, 7) is 2.87. The highest BCUT2D eigenvalue weighted by Crippen LogP contribution is 2.30. The summed E-state index contributed by atoms with van der Waals surface area (Å²) in [5.41, 5.74) is 7.20. The fourth-order valence-corrected chi connectivity index (χ4v) is 2.82. The number of rotatable bonds is 6. The number of thiophene rings is 1. The molecule has 0 amide bonds. The SMILES string of the molecule is CC(N)C(OCCC1CCC1)c1ccsc1. The number of hydrogen-bond donors (Lipinski definition) is 1. The van der Waals surface area contributed by atoms with Crippen molar-refractivity contribution in [3.05, 3.63) is 22.4 Å². The van der Waals surface area contributed by atoms with Crippen LogP contribution in [0.1, 0.15) is 44.3 Å². The Labute approximate surface area is 102 Å². The van der Waals surface area contributed by atoms with Gasteiger partial charge >= 0.3 is 0 Å². The Bertz CT molecular complexity index is 293. The maximum absolute atomic E-state index is 5.97. The zero-order chi connectivity index (χ0) is 11.4. The van der Waals surface area contributed by atoms with Crippen molar-refractivity contribution in [1.29, 1.82) is 0 Å². The third kappa shape index (κ3) is 3.06. The fraction of sp³-hybridized carbons (Fsp3) is 0.692. The third-order valence-corrected chi connectivity index (χ3v) is 4.10. The minimum absolute atomic E-state index is 0.0657. The van der Waals surface area contributed by atoms with Gasteiger partial charge in [-0.25, -0.2) is 0 Å². The van der Waals surface area contributed by atoms with Crippen LogP contribution >= 0.6 is 11.3 Å². The van der Waals surface area contributed by atoms with Crippen molar-refractivity contribution in [2.24, 2.45) is 11.7 Å². The van der Waals surface area contributed by atoms with Gasteiger partial charge in [0.2, 0.25) is 0 Å². The number of ether oxygens (including phenoxy) is 1. The van der Waals surface area contributed by atoms with Crippen LogP contribution in [0.5, 0.6) is 0 Å². The van der Waals surface area contributed by atoms with Crippen LogP contribution < -0.4 is 5.73 Å². The largest absolute Gasteiger partial charge is 0.372 e. The Hall–Kier alpha value is -0.380. The lowest BCUT2D eigenvalue weighted by atomic mass is 9.83. The van der Waals surface area contributed by atoms with Crippen LogP contribution in [0.25, 0.3) is 0 Å². The molecule has 16 heavy (non-hydrogen) atoms. The molecule has 90 valence electrons. The smallest absolute Gasteiger partial charge is 0.0980 e. The molecule has 1 heterocycles. The lowest BCUT2D eigenvalue weighted by Gasteiger charge is -2.27. The summed E-state index contributed by atoms with van der Waals surface area (Å²) in [6, 6.07) is 2.18. The van der Waals surface area contributed by atoms with Crippen LogP contribution in [0.15, 0.2) is 16.8 Å². The second-order valence-electron chi connectivity index (χ2n) is 4.79. The second-order valence-corrected chi connectivity index (χ2v) is 5.57. The summed E-state index contributed by atoms with van der Waals surface area (Å²) >= 11 is 1.71. The fourth-order valence-electron chi connectivity index (χ4n) is 2.13. The number of nitrogens with two attached hydrogens (primary N) is 1. The highest BCUT2D eigenvalue weighted by Gasteiger charge is 2.20. The predicted molar refractivity (Wildman–Crippen MR) is 68.6 cm³/mol. The number of hydrogen-bond acceptors (Lipinski definition) is 3. The molecule has 2 nitrogen and oxygen atoms in total. The van der Waals surface area contributed by atoms with Gasteiger partial charge < -0.3 is 10.5 Å². The molecule has 1 aromatic rings. The lowest BCUT2D eigenvalue weighted by Crippen LogP contribution is -2.27. The van der Waals surface area contributed by atoms with E-state index in [0.29, 0.717) is 0 Å². The lowest BCUT2D eigenvalue weighted by molar-refractivity contribution is 0.0248. The molecule has 0 aliphatic heterocycles. The molecule has 0 saturated heterocycles. The van der Waals surface area contributed by atoms with Gasteiger partial charge in [-0.15, -0.1) is 0 Å². The van der Waals surface area contributed by atoms with Gasteiger partial charge in [-0.1, -0.05) is 19.3 Å². The maximum atomic E-state index is 5.97. The summed E-state index contributed by atoms with van der Waals surface area (Å²) in [6.07, 6.45) is 5.47. The summed E-state index contributed by atoms with van der Waals surface area (Å²) in [7, 11) is 0. The summed E-state index contributed by atoms with van der Waals surface area (Å²) in [5, 5.41) is 4.22. The molecule has 0 radical (unpaired) electrons. The maximum Gasteiger partial charge on any atom is 0.0980 e. The highest BCUT2D eigenvalue weighted by atomic mass is 32.1. The summed E-state index contributed by atoms with van der Waals surface area (Å²) in [4.78, 5) is 0. The van der Waals surface area contributed by atoms with Gasteiger partial charge in [0.25, 0.3) is 0 Å². The van der Waals surface area contributed by atoms with E-state index in [2.05, 4.69) is 16.8 Å². The van der Waals surface area contributed by atoms with Crippen LogP contribution in [-0.4, -0.2) is 12.6 Å². The van der Waals surface area contributed by atoms with Crippen molar-refractivity contribution in [2.75, 3.05) is 6.61 Å². The van der Waals surface area contributed by atoms with Crippen LogP contribution in [0.2, 0.25) is 0 Å². The molecular weight excluding hydrogens is 218 g/mol. The first-order valence-corrected chi connectivity index (χ1v) is 7.11. The van der Waals surface area contributed by atoms with Crippen molar-refractivity contribution < 1.29 is 4.74 Å². The molecule has 0 bridgehead atoms. The van der Waals surface area contributed by atoms with Crippen molar-refractivity contribution >= 4 is 11.3 Å². The molecule has 2 unspecified atom stereocenters. The van der Waals surface area contributed by atoms with E-state index in [-0.39, 0.29) is 12.1 Å². The monoisotopic (exact) mass is 239 g/mol. The van der Waals surface area contributed by atoms with Crippen molar-refractivity contribution in [1.82, 2.24) is 0 Å². The van der Waals surface area contributed by atoms with Crippen molar-refractivity contribution in [3.8, 4) is 0 Å². The molecular formula is C13H21NOS. The van der Waals surface area contributed by atoms with Gasteiger partial charge in [-0.05, 0) is 41.7 Å². The van der Waals surface area contributed by atoms with Gasteiger partial charge in [-0.3, -0.25) is 0 Å². The minimum atomic E-state index is 0.0657. The molecule has 1 fully saturated rings. The standard InChI is InChI=1S/C13H21NOS/c1-10(14)13(12-6-8-16-9-12)15-7-5-11-3-2-4-11/h6,8-11,13H,2-5,7,14H2,1H3. The van der Waals surface area contributed by atoms with E-state index in [9.17, 15) is 0 Å². The molecule has 3 heteroatoms. The van der Waals surface area contributed by atoms with E-state index in [0.717, 1.165) is 12.5 Å². The zero-order valence-corrected chi connectivity index (χ0v) is 10.7. The molecule has 1 aliphatic rings. The van der Waals surface area contributed by atoms with Gasteiger partial charge in [0, 0.05) is 12.6 Å². The first-order valence-electron chi connectivity index (χ1n) is 6.16. The Morgan fingerprint density at radius 1 is 1.56 bits per heavy atom. The van der Waals surface area contributed by atoms with E-state index in [4.69, 9.17) is 10.5 Å². The van der Waals surface area contributed by atoms with Crippen LogP contribution in [0, 0.1) is 5.92 Å². The highest BCUT2D eigenvalue weighted by molar-refractivity contribution is 7.07. The Kier molecular flexibility index (Phi) is 4.38. The van der Waals surface area contributed by atoms with Gasteiger partial charge in [0.1, 0.15) is 0 Å². The van der Waals surface area contributed by atoms with E-state index in [1.54, 1.807) is 11.3 Å². The normalized spacial score (nSPS) is 20.4.